The number of aromatic nitrogens is 5. The lowest BCUT2D eigenvalue weighted by Gasteiger charge is -2.06. The van der Waals surface area contributed by atoms with Gasteiger partial charge in [0.15, 0.2) is 0 Å². The Kier molecular flexibility index (Phi) is 5.75. The molecule has 0 saturated heterocycles. The Morgan fingerprint density at radius 3 is 2.65 bits per heavy atom. The highest BCUT2D eigenvalue weighted by Gasteiger charge is 2.08. The van der Waals surface area contributed by atoms with Gasteiger partial charge < -0.3 is 5.32 Å². The Balaban J connectivity index is 1.42. The molecule has 0 aliphatic heterocycles. The van der Waals surface area contributed by atoms with Gasteiger partial charge in [-0.15, -0.1) is 0 Å². The standard InChI is InChI=1S/C24H24N6O/c1-16-23(17(2)29-28-16)12-18-4-7-21(8-5-18)27-24(31)9-6-19-13-25-11-10-22(19)20-14-26-30(3)15-20/h4-11,13-15H,12H2,1-3H3,(H,27,31)(H,28,29). The number of nitrogens with zero attached hydrogens (tertiary/aromatic N) is 4. The van der Waals surface area contributed by atoms with Crippen LogP contribution in [0.3, 0.4) is 0 Å². The molecule has 0 aliphatic rings. The average molecular weight is 412 g/mol. The Hall–Kier alpha value is -4.00. The predicted octanol–water partition coefficient (Wildman–Crippen LogP) is 4.06. The van der Waals surface area contributed by atoms with Gasteiger partial charge >= 0.3 is 0 Å². The van der Waals surface area contributed by atoms with Crippen LogP contribution in [0.15, 0.2) is 61.2 Å². The Labute approximate surface area is 180 Å². The molecule has 4 rings (SSSR count). The predicted molar refractivity (Wildman–Crippen MR) is 121 cm³/mol. The van der Waals surface area contributed by atoms with Crippen molar-refractivity contribution >= 4 is 17.7 Å². The molecule has 2 N–H and O–H groups in total. The average Bonchev–Trinajstić information content (AvgIpc) is 3.34. The number of benzene rings is 1. The lowest BCUT2D eigenvalue weighted by Crippen LogP contribution is -2.07. The van der Waals surface area contributed by atoms with E-state index in [1.54, 1.807) is 29.3 Å². The van der Waals surface area contributed by atoms with Crippen molar-refractivity contribution in [1.82, 2.24) is 25.0 Å². The van der Waals surface area contributed by atoms with Gasteiger partial charge in [0, 0.05) is 66.2 Å². The molecule has 7 nitrogen and oxygen atoms in total. The van der Waals surface area contributed by atoms with Gasteiger partial charge in [0.25, 0.3) is 0 Å². The summed E-state index contributed by atoms with van der Waals surface area (Å²) in [5.41, 5.74) is 8.02. The Morgan fingerprint density at radius 1 is 1.16 bits per heavy atom. The molecule has 156 valence electrons. The van der Waals surface area contributed by atoms with E-state index in [-0.39, 0.29) is 5.91 Å². The second kappa shape index (κ2) is 8.79. The number of aryl methyl sites for hydroxylation is 3. The summed E-state index contributed by atoms with van der Waals surface area (Å²) >= 11 is 0. The van der Waals surface area contributed by atoms with Crippen LogP contribution < -0.4 is 5.32 Å². The van der Waals surface area contributed by atoms with Crippen molar-refractivity contribution in [1.29, 1.82) is 0 Å². The summed E-state index contributed by atoms with van der Waals surface area (Å²) in [6.07, 6.45) is 11.3. The fourth-order valence-electron chi connectivity index (χ4n) is 3.46. The molecule has 1 amide bonds. The number of H-pyrrole nitrogens is 1. The first-order valence-electron chi connectivity index (χ1n) is 10.0. The minimum atomic E-state index is -0.199. The SMILES string of the molecule is Cc1n[nH]c(C)c1Cc1ccc(NC(=O)C=Cc2cnccc2-c2cnn(C)c2)cc1. The van der Waals surface area contributed by atoms with Crippen molar-refractivity contribution < 1.29 is 4.79 Å². The molecule has 3 heterocycles. The molecule has 0 unspecified atom stereocenters. The Bertz CT molecular complexity index is 1210. The van der Waals surface area contributed by atoms with Gasteiger partial charge in [0.05, 0.1) is 11.9 Å². The first-order valence-corrected chi connectivity index (χ1v) is 10.0. The zero-order valence-electron chi connectivity index (χ0n) is 17.8. The fraction of sp³-hybridized carbons (Fsp3) is 0.167. The molecule has 0 radical (unpaired) electrons. The van der Waals surface area contributed by atoms with Gasteiger partial charge in [-0.05, 0) is 49.2 Å². The van der Waals surface area contributed by atoms with E-state index in [4.69, 9.17) is 0 Å². The van der Waals surface area contributed by atoms with Crippen molar-refractivity contribution in [3.63, 3.8) is 0 Å². The van der Waals surface area contributed by atoms with Crippen LogP contribution in [-0.4, -0.2) is 30.9 Å². The summed E-state index contributed by atoms with van der Waals surface area (Å²) in [7, 11) is 1.87. The van der Waals surface area contributed by atoms with Crippen LogP contribution in [0.5, 0.6) is 0 Å². The highest BCUT2D eigenvalue weighted by molar-refractivity contribution is 6.02. The van der Waals surface area contributed by atoms with E-state index in [1.165, 1.54) is 11.6 Å². The van der Waals surface area contributed by atoms with E-state index in [9.17, 15) is 4.79 Å². The highest BCUT2D eigenvalue weighted by Crippen LogP contribution is 2.23. The van der Waals surface area contributed by atoms with Gasteiger partial charge in [-0.2, -0.15) is 10.2 Å². The van der Waals surface area contributed by atoms with Gasteiger partial charge in [-0.25, -0.2) is 0 Å². The van der Waals surface area contributed by atoms with E-state index in [0.717, 1.165) is 45.7 Å². The van der Waals surface area contributed by atoms with Crippen LogP contribution in [-0.2, 0) is 18.3 Å². The number of carbonyl (C=O) groups is 1. The molecule has 0 fully saturated rings. The molecule has 0 spiro atoms. The second-order valence-corrected chi connectivity index (χ2v) is 7.47. The maximum Gasteiger partial charge on any atom is 0.248 e. The number of aromatic amines is 1. The molecular formula is C24H24N6O. The maximum absolute atomic E-state index is 12.4. The van der Waals surface area contributed by atoms with Crippen LogP contribution in [0.2, 0.25) is 0 Å². The van der Waals surface area contributed by atoms with Crippen LogP contribution in [0, 0.1) is 13.8 Å². The topological polar surface area (TPSA) is 88.5 Å². The highest BCUT2D eigenvalue weighted by atomic mass is 16.1. The van der Waals surface area contributed by atoms with Crippen LogP contribution in [0.1, 0.15) is 28.1 Å². The van der Waals surface area contributed by atoms with Gasteiger partial charge in [-0.1, -0.05) is 12.1 Å². The van der Waals surface area contributed by atoms with E-state index < -0.39 is 0 Å². The summed E-state index contributed by atoms with van der Waals surface area (Å²) in [5, 5.41) is 14.4. The van der Waals surface area contributed by atoms with Crippen molar-refractivity contribution in [2.75, 3.05) is 5.32 Å². The number of pyridine rings is 1. The Morgan fingerprint density at radius 2 is 1.97 bits per heavy atom. The number of anilines is 1. The van der Waals surface area contributed by atoms with Gasteiger partial charge in [0.2, 0.25) is 5.91 Å². The third-order valence-electron chi connectivity index (χ3n) is 5.17. The lowest BCUT2D eigenvalue weighted by atomic mass is 10.0. The van der Waals surface area contributed by atoms with Crippen LogP contribution in [0.4, 0.5) is 5.69 Å². The summed E-state index contributed by atoms with van der Waals surface area (Å²) < 4.78 is 1.74. The molecule has 0 atom stereocenters. The van der Waals surface area contributed by atoms with Crippen molar-refractivity contribution in [2.24, 2.45) is 7.05 Å². The van der Waals surface area contributed by atoms with Crippen LogP contribution >= 0.6 is 0 Å². The third kappa shape index (κ3) is 4.78. The molecule has 0 bridgehead atoms. The normalized spacial score (nSPS) is 11.2. The van der Waals surface area contributed by atoms with Gasteiger partial charge in [0.1, 0.15) is 0 Å². The smallest absolute Gasteiger partial charge is 0.248 e. The summed E-state index contributed by atoms with van der Waals surface area (Å²) in [6, 6.07) is 9.78. The number of amides is 1. The number of hydrogen-bond donors (Lipinski definition) is 2. The fourth-order valence-corrected chi connectivity index (χ4v) is 3.46. The summed E-state index contributed by atoms with van der Waals surface area (Å²) in [5.74, 6) is -0.199. The molecule has 0 saturated carbocycles. The monoisotopic (exact) mass is 412 g/mol. The number of rotatable bonds is 6. The van der Waals surface area contributed by atoms with Gasteiger partial charge in [-0.3, -0.25) is 19.6 Å². The van der Waals surface area contributed by atoms with Crippen molar-refractivity contribution in [3.05, 3.63) is 89.3 Å². The molecule has 3 aromatic heterocycles. The zero-order chi connectivity index (χ0) is 21.8. The minimum Gasteiger partial charge on any atom is -0.323 e. The zero-order valence-corrected chi connectivity index (χ0v) is 17.8. The van der Waals surface area contributed by atoms with Crippen LogP contribution in [0.25, 0.3) is 17.2 Å². The molecule has 7 heteroatoms. The lowest BCUT2D eigenvalue weighted by molar-refractivity contribution is -0.111. The van der Waals surface area contributed by atoms with E-state index in [1.807, 2.05) is 57.4 Å². The molecule has 4 aromatic rings. The quantitative estimate of drug-likeness (QED) is 0.467. The van der Waals surface area contributed by atoms with E-state index >= 15 is 0 Å². The van der Waals surface area contributed by atoms with E-state index in [0.29, 0.717) is 0 Å². The molecular weight excluding hydrogens is 388 g/mol. The first-order chi connectivity index (χ1) is 15.0. The minimum absolute atomic E-state index is 0.199. The summed E-state index contributed by atoms with van der Waals surface area (Å²) in [6.45, 7) is 4.03. The number of carbonyl (C=O) groups excluding carboxylic acids is 1. The van der Waals surface area contributed by atoms with Crippen molar-refractivity contribution in [3.8, 4) is 11.1 Å². The third-order valence-corrected chi connectivity index (χ3v) is 5.17. The first kappa shape index (κ1) is 20.3. The molecule has 1 aromatic carbocycles. The largest absolute Gasteiger partial charge is 0.323 e. The summed E-state index contributed by atoms with van der Waals surface area (Å²) in [4.78, 5) is 16.6. The molecule has 0 aliphatic carbocycles. The number of nitrogens with one attached hydrogen (secondary N) is 2. The molecule has 31 heavy (non-hydrogen) atoms. The van der Waals surface area contributed by atoms with E-state index in [2.05, 4.69) is 25.6 Å². The second-order valence-electron chi connectivity index (χ2n) is 7.47. The maximum atomic E-state index is 12.4. The van der Waals surface area contributed by atoms with Crippen molar-refractivity contribution in [2.45, 2.75) is 20.3 Å². The number of hydrogen-bond acceptors (Lipinski definition) is 4.